The molecule has 38 heavy (non-hydrogen) atoms. The Hall–Kier alpha value is -3.22. The average molecular weight is 545 g/mol. The SMILES string of the molecule is COc1ccc2nc3cc(Cl)ccc3c(NC(C)CCCNC([O-])N(CCNCC(=O)[O-])CC(=O)[O-])c2c1. The number of hydrogen-bond donors (Lipinski definition) is 3. The minimum atomic E-state index is -1.48. The number of benzene rings is 2. The fraction of sp³-hybridized carbons (Fsp3) is 0.423. The molecule has 3 N–H and O–H groups in total. The van der Waals surface area contributed by atoms with Crippen LogP contribution in [0.15, 0.2) is 36.4 Å². The van der Waals surface area contributed by atoms with Crippen LogP contribution in [0.4, 0.5) is 5.69 Å². The number of ether oxygens (including phenoxy) is 1. The molecule has 2 aromatic carbocycles. The summed E-state index contributed by atoms with van der Waals surface area (Å²) in [5.74, 6) is -1.96. The molecule has 0 amide bonds. The zero-order valence-corrected chi connectivity index (χ0v) is 22.0. The smallest absolute Gasteiger partial charge is 0.119 e. The number of aromatic nitrogens is 1. The van der Waals surface area contributed by atoms with E-state index in [1.54, 1.807) is 7.11 Å². The highest BCUT2D eigenvalue weighted by Gasteiger charge is 2.14. The molecule has 0 saturated heterocycles. The number of aliphatic carboxylic acids is 2. The number of pyridine rings is 1. The minimum absolute atomic E-state index is 0.0331. The van der Waals surface area contributed by atoms with Gasteiger partial charge < -0.3 is 45.6 Å². The summed E-state index contributed by atoms with van der Waals surface area (Å²) in [4.78, 5) is 27.4. The predicted octanol–water partition coefficient (Wildman–Crippen LogP) is -0.744. The van der Waals surface area contributed by atoms with E-state index in [4.69, 9.17) is 21.3 Å². The van der Waals surface area contributed by atoms with Crippen LogP contribution in [-0.4, -0.2) is 74.0 Å². The molecule has 3 aromatic rings. The van der Waals surface area contributed by atoms with Crippen LogP contribution in [0.1, 0.15) is 19.8 Å². The average Bonchev–Trinajstić information content (AvgIpc) is 2.87. The van der Waals surface area contributed by atoms with Gasteiger partial charge in [0.1, 0.15) is 5.75 Å². The van der Waals surface area contributed by atoms with Crippen molar-refractivity contribution in [1.82, 2.24) is 20.5 Å². The van der Waals surface area contributed by atoms with Gasteiger partial charge in [-0.25, -0.2) is 4.98 Å². The third-order valence-electron chi connectivity index (χ3n) is 5.98. The van der Waals surface area contributed by atoms with Crippen LogP contribution >= 0.6 is 11.6 Å². The molecule has 1 heterocycles. The zero-order valence-electron chi connectivity index (χ0n) is 21.3. The number of anilines is 1. The van der Waals surface area contributed by atoms with Crippen LogP contribution in [0.3, 0.4) is 0 Å². The first-order valence-electron chi connectivity index (χ1n) is 12.2. The normalized spacial score (nSPS) is 13.1. The molecule has 0 aliphatic carbocycles. The second kappa shape index (κ2) is 14.1. The van der Waals surface area contributed by atoms with Gasteiger partial charge in [0.2, 0.25) is 0 Å². The van der Waals surface area contributed by atoms with E-state index in [1.807, 2.05) is 43.3 Å². The predicted molar refractivity (Wildman–Crippen MR) is 139 cm³/mol. The standard InChI is InChI=1S/C26H33ClN5O6/c1-16(4-3-9-29-26(37)32(15-24(35)36)11-10-28-14-23(33)34)30-25-19-7-5-17(27)12-22(19)31-21-8-6-18(38-2)13-20(21)25/h5-8,12-13,16,26,28-29H,3-4,9-11,14-15H2,1-2H3,(H,30,31)(H,33,34)(H,35,36)/q-1/p-2. The van der Waals surface area contributed by atoms with Crippen LogP contribution in [0.5, 0.6) is 5.75 Å². The van der Waals surface area contributed by atoms with Gasteiger partial charge in [-0.15, -0.1) is 0 Å². The molecule has 0 fully saturated rings. The number of carbonyl (C=O) groups excluding carboxylic acids is 2. The van der Waals surface area contributed by atoms with E-state index in [0.29, 0.717) is 23.7 Å². The lowest BCUT2D eigenvalue weighted by atomic mass is 10.1. The monoisotopic (exact) mass is 544 g/mol. The Morgan fingerprint density at radius 2 is 1.87 bits per heavy atom. The summed E-state index contributed by atoms with van der Waals surface area (Å²) >= 11 is 6.20. The Morgan fingerprint density at radius 3 is 2.58 bits per heavy atom. The molecule has 0 radical (unpaired) electrons. The van der Waals surface area contributed by atoms with Gasteiger partial charge in [-0.2, -0.15) is 0 Å². The van der Waals surface area contributed by atoms with Crippen molar-refractivity contribution in [3.63, 3.8) is 0 Å². The largest absolute Gasteiger partial charge is 0.829 e. The van der Waals surface area contributed by atoms with Crippen LogP contribution in [0.2, 0.25) is 5.02 Å². The van der Waals surface area contributed by atoms with Crippen molar-refractivity contribution in [2.24, 2.45) is 0 Å². The topological polar surface area (TPSA) is 165 Å². The quantitative estimate of drug-likeness (QED) is 0.118. The molecule has 1 aromatic heterocycles. The summed E-state index contributed by atoms with van der Waals surface area (Å²) in [7, 11) is 1.61. The summed E-state index contributed by atoms with van der Waals surface area (Å²) in [6.07, 6.45) is -0.118. The van der Waals surface area contributed by atoms with Crippen molar-refractivity contribution in [3.05, 3.63) is 41.4 Å². The molecule has 0 aliphatic rings. The Balaban J connectivity index is 1.61. The summed E-state index contributed by atoms with van der Waals surface area (Å²) in [6.45, 7) is 1.60. The number of fused-ring (bicyclic) bond motifs is 2. The number of carbonyl (C=O) groups is 2. The lowest BCUT2D eigenvalue weighted by molar-refractivity contribution is -0.468. The Morgan fingerprint density at radius 1 is 1.08 bits per heavy atom. The fourth-order valence-electron chi connectivity index (χ4n) is 4.12. The van der Waals surface area contributed by atoms with Crippen molar-refractivity contribution < 1.29 is 29.6 Å². The van der Waals surface area contributed by atoms with E-state index < -0.39 is 24.8 Å². The fourth-order valence-corrected chi connectivity index (χ4v) is 4.28. The maximum atomic E-state index is 12.5. The van der Waals surface area contributed by atoms with E-state index in [-0.39, 0.29) is 25.7 Å². The maximum Gasteiger partial charge on any atom is 0.119 e. The van der Waals surface area contributed by atoms with Gasteiger partial charge in [0, 0.05) is 48.0 Å². The Kier molecular flexibility index (Phi) is 10.9. The highest BCUT2D eigenvalue weighted by molar-refractivity contribution is 6.31. The second-order valence-electron chi connectivity index (χ2n) is 8.92. The third-order valence-corrected chi connectivity index (χ3v) is 6.21. The first kappa shape index (κ1) is 29.3. The van der Waals surface area contributed by atoms with E-state index in [9.17, 15) is 24.9 Å². The van der Waals surface area contributed by atoms with E-state index in [1.165, 1.54) is 0 Å². The summed E-state index contributed by atoms with van der Waals surface area (Å²) in [6, 6.07) is 11.3. The summed E-state index contributed by atoms with van der Waals surface area (Å²) in [5, 5.41) is 45.4. The van der Waals surface area contributed by atoms with Crippen molar-refractivity contribution >= 4 is 51.0 Å². The molecule has 3 rings (SSSR count). The number of rotatable bonds is 16. The lowest BCUT2D eigenvalue weighted by Gasteiger charge is -2.37. The molecule has 2 atom stereocenters. The van der Waals surface area contributed by atoms with Crippen molar-refractivity contribution in [2.75, 3.05) is 45.2 Å². The number of nitrogens with one attached hydrogen (secondary N) is 3. The zero-order chi connectivity index (χ0) is 27.7. The number of carboxylic acids is 2. The van der Waals surface area contributed by atoms with Gasteiger partial charge in [-0.1, -0.05) is 11.6 Å². The first-order valence-corrected chi connectivity index (χ1v) is 12.6. The molecule has 0 spiro atoms. The molecule has 11 nitrogen and oxygen atoms in total. The van der Waals surface area contributed by atoms with E-state index in [2.05, 4.69) is 16.0 Å². The van der Waals surface area contributed by atoms with Gasteiger partial charge >= 0.3 is 0 Å². The molecular formula is C26H31ClN5O6-3. The number of hydrogen-bond acceptors (Lipinski definition) is 11. The van der Waals surface area contributed by atoms with Gasteiger partial charge in [0.15, 0.2) is 0 Å². The molecule has 206 valence electrons. The van der Waals surface area contributed by atoms with Crippen LogP contribution in [-0.2, 0) is 9.59 Å². The van der Waals surface area contributed by atoms with Crippen molar-refractivity contribution in [2.45, 2.75) is 32.2 Å². The minimum Gasteiger partial charge on any atom is -0.829 e. The number of halogens is 1. The molecule has 0 aliphatic heterocycles. The number of carboxylic acid groups (broad SMARTS) is 2. The molecular weight excluding hydrogens is 514 g/mol. The molecule has 12 heteroatoms. The van der Waals surface area contributed by atoms with E-state index >= 15 is 0 Å². The summed E-state index contributed by atoms with van der Waals surface area (Å²) in [5.41, 5.74) is 2.48. The number of nitrogens with zero attached hydrogens (tertiary/aromatic N) is 2. The first-order chi connectivity index (χ1) is 18.2. The van der Waals surface area contributed by atoms with E-state index in [0.717, 1.165) is 38.8 Å². The van der Waals surface area contributed by atoms with Crippen LogP contribution in [0.25, 0.3) is 21.8 Å². The van der Waals surface area contributed by atoms with Gasteiger partial charge in [0.05, 0.1) is 35.8 Å². The third kappa shape index (κ3) is 8.40. The highest BCUT2D eigenvalue weighted by atomic mass is 35.5. The molecule has 0 bridgehead atoms. The van der Waals surface area contributed by atoms with Crippen molar-refractivity contribution in [1.29, 1.82) is 0 Å². The highest BCUT2D eigenvalue weighted by Crippen LogP contribution is 2.34. The van der Waals surface area contributed by atoms with Gasteiger partial charge in [0.25, 0.3) is 0 Å². The van der Waals surface area contributed by atoms with Crippen LogP contribution < -0.4 is 36.0 Å². The second-order valence-corrected chi connectivity index (χ2v) is 9.35. The molecule has 2 unspecified atom stereocenters. The Labute approximate surface area is 225 Å². The Bertz CT molecular complexity index is 1260. The van der Waals surface area contributed by atoms with Gasteiger partial charge in [-0.05, 0) is 69.1 Å². The van der Waals surface area contributed by atoms with Gasteiger partial charge in [-0.3, -0.25) is 4.90 Å². The summed E-state index contributed by atoms with van der Waals surface area (Å²) < 4.78 is 5.41. The maximum absolute atomic E-state index is 12.5. The van der Waals surface area contributed by atoms with Crippen LogP contribution in [0, 0.1) is 0 Å². The molecule has 0 saturated carbocycles. The number of methoxy groups -OCH3 is 1. The lowest BCUT2D eigenvalue weighted by Crippen LogP contribution is -2.58. The van der Waals surface area contributed by atoms with Crippen molar-refractivity contribution in [3.8, 4) is 5.75 Å².